The molecule has 0 bridgehead atoms. The van der Waals surface area contributed by atoms with Gasteiger partial charge in [0.1, 0.15) is 11.9 Å². The molecular formula is C27H32ClN3O. The third kappa shape index (κ3) is 3.87. The monoisotopic (exact) mass is 449 g/mol. The maximum absolute atomic E-state index is 5.60. The van der Waals surface area contributed by atoms with Gasteiger partial charge in [0, 0.05) is 29.6 Å². The Morgan fingerprint density at radius 3 is 2.16 bits per heavy atom. The molecule has 1 saturated heterocycles. The summed E-state index contributed by atoms with van der Waals surface area (Å²) in [5.41, 5.74) is 7.88. The Labute approximate surface area is 196 Å². The molecule has 4 nitrogen and oxygen atoms in total. The summed E-state index contributed by atoms with van der Waals surface area (Å²) in [7, 11) is 0. The standard InChI is InChI=1S/C27H32N3O.ClH/c1-19(2)23-8-6-9-24(20(3)4)27(23)29-17-22-12-11-21-7-5-10-25(26(21)30(22)18-29)28-13-15-31-16-14-28;/h5-12,17-20H,13-16H2,1-4H3;1H/q+1;/p-1. The average molecular weight is 450 g/mol. The van der Waals surface area contributed by atoms with Crippen molar-refractivity contribution in [2.75, 3.05) is 31.2 Å². The first kappa shape index (κ1) is 22.6. The first-order chi connectivity index (χ1) is 15.0. The summed E-state index contributed by atoms with van der Waals surface area (Å²) in [5.74, 6) is 0.926. The Bertz CT molecular complexity index is 1210. The van der Waals surface area contributed by atoms with Gasteiger partial charge < -0.3 is 22.0 Å². The maximum atomic E-state index is 5.60. The highest BCUT2D eigenvalue weighted by Crippen LogP contribution is 2.31. The molecule has 0 aliphatic carbocycles. The van der Waals surface area contributed by atoms with Gasteiger partial charge in [0.2, 0.25) is 0 Å². The molecular weight excluding hydrogens is 418 g/mol. The SMILES string of the molecule is CC(C)c1cccc(C(C)C)c1-[n+]1cc2ccc3cccc(N4CCOCC4)c3n2c1.[Cl-]. The largest absolute Gasteiger partial charge is 1.00 e. The molecule has 32 heavy (non-hydrogen) atoms. The molecule has 0 radical (unpaired) electrons. The predicted molar refractivity (Wildman–Crippen MR) is 128 cm³/mol. The van der Waals surface area contributed by atoms with Gasteiger partial charge in [0.25, 0.3) is 6.33 Å². The van der Waals surface area contributed by atoms with Crippen LogP contribution in [0.2, 0.25) is 0 Å². The smallest absolute Gasteiger partial charge is 0.254 e. The molecule has 1 aliphatic heterocycles. The quantitative estimate of drug-likeness (QED) is 0.446. The van der Waals surface area contributed by atoms with Crippen molar-refractivity contribution in [2.24, 2.45) is 0 Å². The lowest BCUT2D eigenvalue weighted by molar-refractivity contribution is -0.595. The summed E-state index contributed by atoms with van der Waals surface area (Å²) in [6.45, 7) is 12.6. The molecule has 0 unspecified atom stereocenters. The molecule has 5 rings (SSSR count). The third-order valence-corrected chi connectivity index (χ3v) is 6.46. The molecule has 0 saturated carbocycles. The van der Waals surface area contributed by atoms with Crippen LogP contribution in [0.4, 0.5) is 5.69 Å². The molecule has 4 aromatic rings. The van der Waals surface area contributed by atoms with Crippen LogP contribution in [-0.2, 0) is 4.74 Å². The van der Waals surface area contributed by atoms with E-state index in [9.17, 15) is 0 Å². The molecule has 0 spiro atoms. The summed E-state index contributed by atoms with van der Waals surface area (Å²) >= 11 is 0. The molecule has 0 N–H and O–H groups in total. The zero-order valence-electron chi connectivity index (χ0n) is 19.4. The molecule has 0 atom stereocenters. The Morgan fingerprint density at radius 1 is 0.844 bits per heavy atom. The number of hydrogen-bond acceptors (Lipinski definition) is 2. The number of benzene rings is 2. The van der Waals surface area contributed by atoms with Gasteiger partial charge >= 0.3 is 0 Å². The van der Waals surface area contributed by atoms with Crippen LogP contribution < -0.4 is 21.9 Å². The van der Waals surface area contributed by atoms with Crippen LogP contribution in [0.25, 0.3) is 22.1 Å². The van der Waals surface area contributed by atoms with Crippen molar-refractivity contribution >= 4 is 22.1 Å². The molecule has 2 aromatic heterocycles. The van der Waals surface area contributed by atoms with Crippen LogP contribution in [0.15, 0.2) is 61.1 Å². The van der Waals surface area contributed by atoms with Gasteiger partial charge in [-0.2, -0.15) is 4.40 Å². The topological polar surface area (TPSA) is 20.8 Å². The van der Waals surface area contributed by atoms with E-state index >= 15 is 0 Å². The Morgan fingerprint density at radius 2 is 1.50 bits per heavy atom. The second kappa shape index (κ2) is 9.13. The Balaban J connectivity index is 0.00000245. The zero-order chi connectivity index (χ0) is 21.5. The van der Waals surface area contributed by atoms with Gasteiger partial charge in [-0.05, 0) is 30.0 Å². The fourth-order valence-electron chi connectivity index (χ4n) is 4.85. The number of aromatic nitrogens is 2. The van der Waals surface area contributed by atoms with E-state index in [-0.39, 0.29) is 12.4 Å². The molecule has 2 aromatic carbocycles. The van der Waals surface area contributed by atoms with Crippen LogP contribution in [0.3, 0.4) is 0 Å². The van der Waals surface area contributed by atoms with Crippen LogP contribution in [0.5, 0.6) is 0 Å². The van der Waals surface area contributed by atoms with Crippen LogP contribution >= 0.6 is 0 Å². The Kier molecular flexibility index (Phi) is 6.45. The number of nitrogens with zero attached hydrogens (tertiary/aromatic N) is 3. The number of ether oxygens (including phenoxy) is 1. The number of fused-ring (bicyclic) bond motifs is 3. The van der Waals surface area contributed by atoms with Crippen molar-refractivity contribution in [2.45, 2.75) is 39.5 Å². The van der Waals surface area contributed by atoms with Gasteiger partial charge in [0.05, 0.1) is 18.9 Å². The first-order valence-electron chi connectivity index (χ1n) is 11.5. The zero-order valence-corrected chi connectivity index (χ0v) is 20.1. The number of pyridine rings is 1. The van der Waals surface area contributed by atoms with E-state index in [0.717, 1.165) is 26.3 Å². The van der Waals surface area contributed by atoms with Crippen molar-refractivity contribution in [3.63, 3.8) is 0 Å². The molecule has 5 heteroatoms. The second-order valence-electron chi connectivity index (χ2n) is 9.19. The lowest BCUT2D eigenvalue weighted by Gasteiger charge is -2.29. The van der Waals surface area contributed by atoms with Gasteiger partial charge in [-0.15, -0.1) is 0 Å². The number of hydrogen-bond donors (Lipinski definition) is 0. The van der Waals surface area contributed by atoms with Gasteiger partial charge in [0.15, 0.2) is 11.0 Å². The van der Waals surface area contributed by atoms with Crippen molar-refractivity contribution in [1.29, 1.82) is 0 Å². The number of para-hydroxylation sites is 2. The highest BCUT2D eigenvalue weighted by Gasteiger charge is 2.23. The van der Waals surface area contributed by atoms with Crippen molar-refractivity contribution in [3.05, 3.63) is 72.2 Å². The summed E-state index contributed by atoms with van der Waals surface area (Å²) in [6, 6.07) is 17.9. The minimum atomic E-state index is 0. The van der Waals surface area contributed by atoms with Gasteiger partial charge in [-0.25, -0.2) is 4.57 Å². The number of morpholine rings is 1. The van der Waals surface area contributed by atoms with Crippen LogP contribution in [0.1, 0.15) is 50.7 Å². The number of halogens is 1. The normalized spacial score (nSPS) is 14.5. The van der Waals surface area contributed by atoms with E-state index in [1.807, 2.05) is 0 Å². The van der Waals surface area contributed by atoms with E-state index in [1.54, 1.807) is 0 Å². The second-order valence-corrected chi connectivity index (χ2v) is 9.19. The fraction of sp³-hybridized carbons (Fsp3) is 0.370. The van der Waals surface area contributed by atoms with E-state index < -0.39 is 0 Å². The molecule has 1 fully saturated rings. The predicted octanol–water partition coefficient (Wildman–Crippen LogP) is 2.46. The lowest BCUT2D eigenvalue weighted by atomic mass is 9.92. The van der Waals surface area contributed by atoms with E-state index in [4.69, 9.17) is 4.74 Å². The van der Waals surface area contributed by atoms with E-state index in [0.29, 0.717) is 11.8 Å². The number of rotatable bonds is 4. The van der Waals surface area contributed by atoms with Gasteiger partial charge in [-0.3, -0.25) is 0 Å². The molecule has 3 heterocycles. The summed E-state index contributed by atoms with van der Waals surface area (Å²) in [6.07, 6.45) is 4.55. The highest BCUT2D eigenvalue weighted by molar-refractivity contribution is 5.93. The van der Waals surface area contributed by atoms with Crippen LogP contribution in [-0.4, -0.2) is 30.7 Å². The van der Waals surface area contributed by atoms with Gasteiger partial charge in [-0.1, -0.05) is 58.0 Å². The number of imidazole rings is 1. The molecule has 168 valence electrons. The summed E-state index contributed by atoms with van der Waals surface area (Å²) < 4.78 is 10.3. The minimum Gasteiger partial charge on any atom is -1.00 e. The van der Waals surface area contributed by atoms with E-state index in [2.05, 4.69) is 103 Å². The maximum Gasteiger partial charge on any atom is 0.254 e. The van der Waals surface area contributed by atoms with Crippen LogP contribution in [0, 0.1) is 0 Å². The lowest BCUT2D eigenvalue weighted by Crippen LogP contribution is -3.00. The average Bonchev–Trinajstić information content (AvgIpc) is 3.23. The first-order valence-corrected chi connectivity index (χ1v) is 11.5. The highest BCUT2D eigenvalue weighted by atomic mass is 35.5. The number of anilines is 1. The molecule has 1 aliphatic rings. The Hall–Kier alpha value is -2.56. The van der Waals surface area contributed by atoms with Crippen molar-refractivity contribution in [3.8, 4) is 5.69 Å². The van der Waals surface area contributed by atoms with E-state index in [1.165, 1.54) is 38.9 Å². The van der Waals surface area contributed by atoms with Crippen molar-refractivity contribution < 1.29 is 21.7 Å². The summed E-state index contributed by atoms with van der Waals surface area (Å²) in [4.78, 5) is 2.46. The molecule has 0 amide bonds. The minimum absolute atomic E-state index is 0. The fourth-order valence-corrected chi connectivity index (χ4v) is 4.85. The summed E-state index contributed by atoms with van der Waals surface area (Å²) in [5, 5.41) is 1.26. The van der Waals surface area contributed by atoms with Crippen molar-refractivity contribution in [1.82, 2.24) is 4.40 Å². The third-order valence-electron chi connectivity index (χ3n) is 6.46.